The molecule has 0 aliphatic heterocycles. The first kappa shape index (κ1) is 15.3. The maximum Gasteiger partial charge on any atom is 0.124 e. The van der Waals surface area contributed by atoms with Crippen LogP contribution in [0.1, 0.15) is 50.6 Å². The molecule has 1 fully saturated rings. The van der Waals surface area contributed by atoms with Crippen LogP contribution in [0, 0.1) is 5.92 Å². The molecule has 0 amide bonds. The molecule has 0 radical (unpaired) electrons. The van der Waals surface area contributed by atoms with Gasteiger partial charge in [-0.1, -0.05) is 37.5 Å². The van der Waals surface area contributed by atoms with E-state index in [4.69, 9.17) is 10.5 Å². The molecule has 0 aromatic heterocycles. The maximum atomic E-state index is 6.42. The number of para-hydroxylation sites is 1. The average molecular weight is 270 g/mol. The van der Waals surface area contributed by atoms with Gasteiger partial charge >= 0.3 is 0 Å². The summed E-state index contributed by atoms with van der Waals surface area (Å²) in [6, 6.07) is 8.35. The van der Waals surface area contributed by atoms with Gasteiger partial charge in [-0.05, 0) is 31.7 Å². The van der Waals surface area contributed by atoms with Crippen molar-refractivity contribution in [3.05, 3.63) is 29.8 Å². The monoisotopic (exact) mass is 269 g/mol. The highest BCUT2D eigenvalue weighted by Crippen LogP contribution is 2.36. The second-order valence-electron chi connectivity index (χ2n) is 4.89. The third kappa shape index (κ3) is 3.63. The van der Waals surface area contributed by atoms with Crippen LogP contribution >= 0.6 is 12.4 Å². The van der Waals surface area contributed by atoms with Crippen LogP contribution in [0.4, 0.5) is 0 Å². The number of ether oxygens (including phenoxy) is 1. The molecule has 0 unspecified atom stereocenters. The van der Waals surface area contributed by atoms with Gasteiger partial charge < -0.3 is 10.5 Å². The number of hydrogen-bond donors (Lipinski definition) is 1. The fraction of sp³-hybridized carbons (Fsp3) is 0.600. The summed E-state index contributed by atoms with van der Waals surface area (Å²) in [5.41, 5.74) is 7.60. The quantitative estimate of drug-likeness (QED) is 0.894. The van der Waals surface area contributed by atoms with Gasteiger partial charge in [-0.15, -0.1) is 12.4 Å². The SMILES string of the molecule is CCOc1ccccc1[C@H](N)C1CCCCC1.Cl. The minimum absolute atomic E-state index is 0. The van der Waals surface area contributed by atoms with Crippen LogP contribution < -0.4 is 10.5 Å². The summed E-state index contributed by atoms with van der Waals surface area (Å²) in [5.74, 6) is 1.60. The molecule has 18 heavy (non-hydrogen) atoms. The molecule has 1 atom stereocenters. The summed E-state index contributed by atoms with van der Waals surface area (Å²) in [5, 5.41) is 0. The summed E-state index contributed by atoms with van der Waals surface area (Å²) in [7, 11) is 0. The van der Waals surface area contributed by atoms with Crippen molar-refractivity contribution in [1.29, 1.82) is 0 Å². The zero-order chi connectivity index (χ0) is 12.1. The van der Waals surface area contributed by atoms with Crippen molar-refractivity contribution in [2.24, 2.45) is 11.7 Å². The van der Waals surface area contributed by atoms with E-state index in [9.17, 15) is 0 Å². The third-order valence-corrected chi connectivity index (χ3v) is 3.74. The van der Waals surface area contributed by atoms with Gasteiger partial charge in [0, 0.05) is 11.6 Å². The van der Waals surface area contributed by atoms with Crippen LogP contribution in [0.25, 0.3) is 0 Å². The molecule has 1 aromatic carbocycles. The van der Waals surface area contributed by atoms with Crippen LogP contribution in [-0.4, -0.2) is 6.61 Å². The van der Waals surface area contributed by atoms with Gasteiger partial charge in [-0.25, -0.2) is 0 Å². The van der Waals surface area contributed by atoms with E-state index >= 15 is 0 Å². The highest BCUT2D eigenvalue weighted by Gasteiger charge is 2.23. The smallest absolute Gasteiger partial charge is 0.124 e. The van der Waals surface area contributed by atoms with E-state index in [-0.39, 0.29) is 18.4 Å². The van der Waals surface area contributed by atoms with Crippen LogP contribution in [0.5, 0.6) is 5.75 Å². The van der Waals surface area contributed by atoms with Crippen molar-refractivity contribution in [2.75, 3.05) is 6.61 Å². The topological polar surface area (TPSA) is 35.2 Å². The number of rotatable bonds is 4. The van der Waals surface area contributed by atoms with Crippen LogP contribution in [-0.2, 0) is 0 Å². The summed E-state index contributed by atoms with van der Waals surface area (Å²) in [6.07, 6.45) is 6.56. The fourth-order valence-corrected chi connectivity index (χ4v) is 2.79. The van der Waals surface area contributed by atoms with Crippen molar-refractivity contribution >= 4 is 12.4 Å². The van der Waals surface area contributed by atoms with Crippen LogP contribution in [0.2, 0.25) is 0 Å². The normalized spacial score (nSPS) is 17.9. The van der Waals surface area contributed by atoms with Crippen molar-refractivity contribution in [3.8, 4) is 5.75 Å². The Morgan fingerprint density at radius 3 is 2.56 bits per heavy atom. The van der Waals surface area contributed by atoms with E-state index in [1.165, 1.54) is 37.7 Å². The zero-order valence-corrected chi connectivity index (χ0v) is 11.9. The highest BCUT2D eigenvalue weighted by molar-refractivity contribution is 5.85. The highest BCUT2D eigenvalue weighted by atomic mass is 35.5. The Hall–Kier alpha value is -0.730. The Balaban J connectivity index is 0.00000162. The minimum atomic E-state index is 0. The number of benzene rings is 1. The Morgan fingerprint density at radius 2 is 1.89 bits per heavy atom. The van der Waals surface area contributed by atoms with E-state index in [0.29, 0.717) is 12.5 Å². The fourth-order valence-electron chi connectivity index (χ4n) is 2.79. The van der Waals surface area contributed by atoms with Crippen molar-refractivity contribution in [3.63, 3.8) is 0 Å². The summed E-state index contributed by atoms with van der Waals surface area (Å²) in [4.78, 5) is 0. The largest absolute Gasteiger partial charge is 0.494 e. The van der Waals surface area contributed by atoms with Crippen molar-refractivity contribution in [1.82, 2.24) is 0 Å². The molecule has 0 spiro atoms. The summed E-state index contributed by atoms with van der Waals surface area (Å²) < 4.78 is 5.67. The second kappa shape index (κ2) is 7.65. The van der Waals surface area contributed by atoms with E-state index in [2.05, 4.69) is 12.1 Å². The molecule has 3 heteroatoms. The summed E-state index contributed by atoms with van der Waals surface area (Å²) >= 11 is 0. The predicted molar refractivity (Wildman–Crippen MR) is 78.4 cm³/mol. The lowest BCUT2D eigenvalue weighted by Crippen LogP contribution is -2.24. The zero-order valence-electron chi connectivity index (χ0n) is 11.1. The molecule has 1 aliphatic carbocycles. The first-order valence-corrected chi connectivity index (χ1v) is 6.80. The lowest BCUT2D eigenvalue weighted by Gasteiger charge is -2.28. The molecular formula is C15H24ClNO. The van der Waals surface area contributed by atoms with Gasteiger partial charge in [-0.3, -0.25) is 0 Å². The number of hydrogen-bond acceptors (Lipinski definition) is 2. The third-order valence-electron chi connectivity index (χ3n) is 3.74. The van der Waals surface area contributed by atoms with E-state index in [1.54, 1.807) is 0 Å². The Kier molecular flexibility index (Phi) is 6.51. The number of halogens is 1. The van der Waals surface area contributed by atoms with Gasteiger partial charge in [0.2, 0.25) is 0 Å². The molecule has 1 saturated carbocycles. The maximum absolute atomic E-state index is 6.42. The molecule has 1 aliphatic rings. The Morgan fingerprint density at radius 1 is 1.22 bits per heavy atom. The van der Waals surface area contributed by atoms with E-state index < -0.39 is 0 Å². The summed E-state index contributed by atoms with van der Waals surface area (Å²) in [6.45, 7) is 2.72. The van der Waals surface area contributed by atoms with Gasteiger partial charge in [0.25, 0.3) is 0 Å². The molecule has 2 N–H and O–H groups in total. The molecule has 2 nitrogen and oxygen atoms in total. The lowest BCUT2D eigenvalue weighted by molar-refractivity contribution is 0.292. The van der Waals surface area contributed by atoms with Crippen LogP contribution in [0.3, 0.4) is 0 Å². The van der Waals surface area contributed by atoms with Crippen LogP contribution in [0.15, 0.2) is 24.3 Å². The van der Waals surface area contributed by atoms with Crippen molar-refractivity contribution < 1.29 is 4.74 Å². The Labute approximate surface area is 116 Å². The van der Waals surface area contributed by atoms with Crippen molar-refractivity contribution in [2.45, 2.75) is 45.1 Å². The molecule has 2 rings (SSSR count). The van der Waals surface area contributed by atoms with Gasteiger partial charge in [0.05, 0.1) is 6.61 Å². The number of nitrogens with two attached hydrogens (primary N) is 1. The first-order valence-electron chi connectivity index (χ1n) is 6.80. The van der Waals surface area contributed by atoms with E-state index in [1.807, 2.05) is 19.1 Å². The molecule has 0 bridgehead atoms. The van der Waals surface area contributed by atoms with Gasteiger partial charge in [-0.2, -0.15) is 0 Å². The minimum Gasteiger partial charge on any atom is -0.494 e. The molecule has 0 saturated heterocycles. The molecule has 102 valence electrons. The predicted octanol–water partition coefficient (Wildman–Crippen LogP) is 4.09. The first-order chi connectivity index (χ1) is 8.33. The van der Waals surface area contributed by atoms with Gasteiger partial charge in [0.15, 0.2) is 0 Å². The second-order valence-corrected chi connectivity index (χ2v) is 4.89. The van der Waals surface area contributed by atoms with E-state index in [0.717, 1.165) is 5.75 Å². The molecular weight excluding hydrogens is 246 g/mol. The Bertz CT molecular complexity index is 350. The molecule has 0 heterocycles. The van der Waals surface area contributed by atoms with Gasteiger partial charge in [0.1, 0.15) is 5.75 Å². The standard InChI is InChI=1S/C15H23NO.ClH/c1-2-17-14-11-7-6-10-13(14)15(16)12-8-4-3-5-9-12;/h6-7,10-12,15H,2-5,8-9,16H2,1H3;1H/t15-;/m1./s1. The lowest BCUT2D eigenvalue weighted by atomic mass is 9.81. The molecule has 1 aromatic rings. The average Bonchev–Trinajstić information content (AvgIpc) is 2.40.